The fourth-order valence-electron chi connectivity index (χ4n) is 5.78. The highest BCUT2D eigenvalue weighted by Gasteiger charge is 2.51. The third kappa shape index (κ3) is 4.09. The first kappa shape index (κ1) is 18.3. The second-order valence-corrected chi connectivity index (χ2v) is 8.84. The number of halogens is 1. The van der Waals surface area contributed by atoms with Crippen LogP contribution in [0.25, 0.3) is 0 Å². The molecule has 1 aromatic rings. The van der Waals surface area contributed by atoms with Crippen molar-refractivity contribution >= 4 is 17.6 Å². The van der Waals surface area contributed by atoms with Crippen LogP contribution in [-0.4, -0.2) is 24.0 Å². The van der Waals surface area contributed by atoms with E-state index in [1.54, 1.807) is 6.07 Å². The van der Waals surface area contributed by atoms with E-state index in [2.05, 4.69) is 16.0 Å². The average molecular weight is 373 g/mol. The van der Waals surface area contributed by atoms with Gasteiger partial charge >= 0.3 is 6.03 Å². The quantitative estimate of drug-likeness (QED) is 0.736. The molecule has 0 spiro atoms. The summed E-state index contributed by atoms with van der Waals surface area (Å²) < 4.78 is 13.3. The van der Waals surface area contributed by atoms with Crippen LogP contribution < -0.4 is 16.0 Å². The summed E-state index contributed by atoms with van der Waals surface area (Å²) in [5.74, 6) is 1.70. The summed E-state index contributed by atoms with van der Waals surface area (Å²) in [5, 5.41) is 8.75. The summed E-state index contributed by atoms with van der Waals surface area (Å²) in [5.41, 5.74) is 1.25. The summed E-state index contributed by atoms with van der Waals surface area (Å²) >= 11 is 0. The number of anilines is 1. The summed E-state index contributed by atoms with van der Waals surface area (Å²) in [6, 6.07) is 4.12. The summed E-state index contributed by atoms with van der Waals surface area (Å²) in [7, 11) is 0. The molecular weight excluding hydrogens is 345 g/mol. The van der Waals surface area contributed by atoms with Crippen LogP contribution in [0.1, 0.15) is 50.5 Å². The van der Waals surface area contributed by atoms with Crippen LogP contribution in [-0.2, 0) is 4.79 Å². The molecule has 4 aliphatic carbocycles. The van der Waals surface area contributed by atoms with Crippen molar-refractivity contribution in [1.82, 2.24) is 10.6 Å². The van der Waals surface area contributed by atoms with E-state index in [1.807, 2.05) is 6.92 Å². The van der Waals surface area contributed by atoms with Gasteiger partial charge in [-0.25, -0.2) is 9.18 Å². The Morgan fingerprint density at radius 2 is 1.74 bits per heavy atom. The second-order valence-electron chi connectivity index (χ2n) is 8.84. The first-order valence-corrected chi connectivity index (χ1v) is 10.0. The number of benzene rings is 1. The van der Waals surface area contributed by atoms with Crippen LogP contribution in [0, 0.1) is 30.5 Å². The van der Waals surface area contributed by atoms with E-state index in [9.17, 15) is 14.0 Å². The highest BCUT2D eigenvalue weighted by molar-refractivity contribution is 5.91. The molecule has 3 N–H and O–H groups in total. The Kier molecular flexibility index (Phi) is 4.82. The molecule has 4 fully saturated rings. The molecule has 0 aromatic heterocycles. The molecule has 27 heavy (non-hydrogen) atoms. The van der Waals surface area contributed by atoms with Crippen LogP contribution in [0.15, 0.2) is 18.2 Å². The Morgan fingerprint density at radius 3 is 2.37 bits per heavy atom. The number of nitrogens with one attached hydrogen (secondary N) is 3. The van der Waals surface area contributed by atoms with Crippen LogP contribution in [0.3, 0.4) is 0 Å². The zero-order valence-corrected chi connectivity index (χ0v) is 15.8. The number of carbonyl (C=O) groups is 2. The molecule has 0 radical (unpaired) electrons. The fraction of sp³-hybridized carbons (Fsp3) is 0.619. The molecule has 5 nitrogen and oxygen atoms in total. The summed E-state index contributed by atoms with van der Waals surface area (Å²) in [4.78, 5) is 24.4. The number of amides is 3. The van der Waals surface area contributed by atoms with Crippen molar-refractivity contribution in [3.63, 3.8) is 0 Å². The third-order valence-corrected chi connectivity index (χ3v) is 6.53. The maximum absolute atomic E-state index is 13.3. The van der Waals surface area contributed by atoms with E-state index in [0.717, 1.165) is 42.6 Å². The lowest BCUT2D eigenvalue weighted by Crippen LogP contribution is -2.61. The maximum atomic E-state index is 13.3. The van der Waals surface area contributed by atoms with Gasteiger partial charge in [-0.1, -0.05) is 6.07 Å². The second kappa shape index (κ2) is 7.13. The molecule has 0 unspecified atom stereocenters. The Morgan fingerprint density at radius 1 is 1.11 bits per heavy atom. The largest absolute Gasteiger partial charge is 0.338 e. The standard InChI is InChI=1S/C21H28FN3O2/c1-13-2-3-17(22)9-18(13)24-19(26)4-5-23-20(27)25-21-10-14-6-15(11-21)8-16(7-14)12-21/h2-3,9,14-16H,4-8,10-12H2,1H3,(H,24,26)(H2,23,25,27). The number of aryl methyl sites for hydroxylation is 1. The van der Waals surface area contributed by atoms with Gasteiger partial charge in [-0.2, -0.15) is 0 Å². The fourth-order valence-corrected chi connectivity index (χ4v) is 5.78. The summed E-state index contributed by atoms with van der Waals surface area (Å²) in [6.45, 7) is 2.07. The lowest BCUT2D eigenvalue weighted by atomic mass is 9.53. The third-order valence-electron chi connectivity index (χ3n) is 6.53. The summed E-state index contributed by atoms with van der Waals surface area (Å²) in [6.07, 6.45) is 7.47. The number of rotatable bonds is 5. The lowest BCUT2D eigenvalue weighted by Gasteiger charge is -2.56. The molecule has 0 heterocycles. The van der Waals surface area contributed by atoms with Crippen LogP contribution in [0.4, 0.5) is 14.9 Å². The number of carbonyl (C=O) groups excluding carboxylic acids is 2. The van der Waals surface area contributed by atoms with E-state index in [0.29, 0.717) is 5.69 Å². The predicted molar refractivity (Wildman–Crippen MR) is 102 cm³/mol. The van der Waals surface area contributed by atoms with Crippen molar-refractivity contribution in [2.24, 2.45) is 17.8 Å². The van der Waals surface area contributed by atoms with E-state index < -0.39 is 0 Å². The minimum Gasteiger partial charge on any atom is -0.338 e. The molecule has 0 atom stereocenters. The number of hydrogen-bond acceptors (Lipinski definition) is 2. The van der Waals surface area contributed by atoms with E-state index >= 15 is 0 Å². The van der Waals surface area contributed by atoms with Gasteiger partial charge in [0.1, 0.15) is 5.82 Å². The molecule has 0 saturated heterocycles. The molecular formula is C21H28FN3O2. The topological polar surface area (TPSA) is 70.2 Å². The smallest absolute Gasteiger partial charge is 0.315 e. The van der Waals surface area contributed by atoms with Crippen molar-refractivity contribution in [3.05, 3.63) is 29.6 Å². The van der Waals surface area contributed by atoms with Gasteiger partial charge in [0.05, 0.1) is 0 Å². The van der Waals surface area contributed by atoms with Crippen LogP contribution in [0.5, 0.6) is 0 Å². The first-order valence-electron chi connectivity index (χ1n) is 10.0. The van der Waals surface area contributed by atoms with Gasteiger partial charge in [-0.05, 0) is 80.9 Å². The first-order chi connectivity index (χ1) is 12.9. The van der Waals surface area contributed by atoms with Crippen LogP contribution in [0.2, 0.25) is 0 Å². The molecule has 0 aliphatic heterocycles. The normalized spacial score (nSPS) is 30.8. The van der Waals surface area contributed by atoms with Crippen molar-refractivity contribution in [1.29, 1.82) is 0 Å². The molecule has 146 valence electrons. The Labute approximate surface area is 159 Å². The Bertz CT molecular complexity index is 714. The predicted octanol–water partition coefficient (Wildman–Crippen LogP) is 3.73. The van der Waals surface area contributed by atoms with E-state index in [-0.39, 0.29) is 36.3 Å². The molecule has 4 bridgehead atoms. The van der Waals surface area contributed by atoms with Crippen molar-refractivity contribution in [3.8, 4) is 0 Å². The minimum atomic E-state index is -0.385. The van der Waals surface area contributed by atoms with Crippen molar-refractivity contribution < 1.29 is 14.0 Å². The van der Waals surface area contributed by atoms with Gasteiger partial charge in [-0.3, -0.25) is 4.79 Å². The minimum absolute atomic E-state index is 0.0280. The Balaban J connectivity index is 1.23. The molecule has 5 rings (SSSR count). The molecule has 1 aromatic carbocycles. The molecule has 6 heteroatoms. The van der Waals surface area contributed by atoms with Crippen LogP contribution >= 0.6 is 0 Å². The zero-order chi connectivity index (χ0) is 19.0. The number of urea groups is 1. The molecule has 4 saturated carbocycles. The van der Waals surface area contributed by atoms with Crippen molar-refractivity contribution in [2.45, 2.75) is 57.4 Å². The van der Waals surface area contributed by atoms with Crippen molar-refractivity contribution in [2.75, 3.05) is 11.9 Å². The van der Waals surface area contributed by atoms with Gasteiger partial charge in [-0.15, -0.1) is 0 Å². The molecule has 4 aliphatic rings. The highest BCUT2D eigenvalue weighted by atomic mass is 19.1. The van der Waals surface area contributed by atoms with E-state index in [1.165, 1.54) is 31.4 Å². The molecule has 3 amide bonds. The van der Waals surface area contributed by atoms with Gasteiger partial charge in [0.25, 0.3) is 0 Å². The SMILES string of the molecule is Cc1ccc(F)cc1NC(=O)CCNC(=O)NC12CC3CC(CC(C3)C1)C2. The highest BCUT2D eigenvalue weighted by Crippen LogP contribution is 2.55. The monoisotopic (exact) mass is 373 g/mol. The van der Waals surface area contributed by atoms with Gasteiger partial charge < -0.3 is 16.0 Å². The van der Waals surface area contributed by atoms with Gasteiger partial charge in [0.2, 0.25) is 5.91 Å². The zero-order valence-electron chi connectivity index (χ0n) is 15.8. The van der Waals surface area contributed by atoms with Gasteiger partial charge in [0, 0.05) is 24.2 Å². The Hall–Kier alpha value is -2.11. The van der Waals surface area contributed by atoms with Gasteiger partial charge in [0.15, 0.2) is 0 Å². The lowest BCUT2D eigenvalue weighted by molar-refractivity contribution is -0.116. The number of hydrogen-bond donors (Lipinski definition) is 3. The van der Waals surface area contributed by atoms with E-state index in [4.69, 9.17) is 0 Å². The maximum Gasteiger partial charge on any atom is 0.315 e. The average Bonchev–Trinajstić information content (AvgIpc) is 2.56.